The van der Waals surface area contributed by atoms with Crippen molar-refractivity contribution in [1.29, 1.82) is 0 Å². The Morgan fingerprint density at radius 2 is 2.27 bits per heavy atom. The normalized spacial score (nSPS) is 19.0. The van der Waals surface area contributed by atoms with Gasteiger partial charge in [-0.25, -0.2) is 0 Å². The number of nitrogens with two attached hydrogens (primary N) is 1. The Labute approximate surface area is 129 Å². The molecule has 2 rings (SSSR count). The summed E-state index contributed by atoms with van der Waals surface area (Å²) in [5.74, 6) is 0.528. The van der Waals surface area contributed by atoms with Crippen molar-refractivity contribution in [3.05, 3.63) is 34.4 Å². The molecule has 1 aliphatic heterocycles. The van der Waals surface area contributed by atoms with Crippen molar-refractivity contribution < 1.29 is 9.66 Å². The molecular formula is C14H21N5O3. The summed E-state index contributed by atoms with van der Waals surface area (Å²) in [5, 5.41) is 13.7. The summed E-state index contributed by atoms with van der Waals surface area (Å²) in [5.41, 5.74) is 6.86. The van der Waals surface area contributed by atoms with E-state index < -0.39 is 4.92 Å². The lowest BCUT2D eigenvalue weighted by molar-refractivity contribution is -0.384. The van der Waals surface area contributed by atoms with E-state index in [1.807, 2.05) is 11.8 Å². The molecule has 1 heterocycles. The Morgan fingerprint density at radius 3 is 2.91 bits per heavy atom. The van der Waals surface area contributed by atoms with Crippen LogP contribution in [0.5, 0.6) is 0 Å². The molecule has 22 heavy (non-hydrogen) atoms. The summed E-state index contributed by atoms with van der Waals surface area (Å²) in [7, 11) is 0. The second-order valence-electron chi connectivity index (χ2n) is 5.10. The number of morpholine rings is 1. The molecule has 1 atom stereocenters. The van der Waals surface area contributed by atoms with Gasteiger partial charge in [-0.2, -0.15) is 0 Å². The van der Waals surface area contributed by atoms with Crippen molar-refractivity contribution in [3.8, 4) is 0 Å². The lowest BCUT2D eigenvalue weighted by atomic mass is 10.3. The van der Waals surface area contributed by atoms with E-state index in [0.29, 0.717) is 25.7 Å². The van der Waals surface area contributed by atoms with Gasteiger partial charge in [0.1, 0.15) is 0 Å². The molecule has 0 aromatic heterocycles. The van der Waals surface area contributed by atoms with E-state index in [9.17, 15) is 10.1 Å². The average Bonchev–Trinajstić information content (AvgIpc) is 2.51. The number of nitro groups is 1. The van der Waals surface area contributed by atoms with Crippen molar-refractivity contribution in [2.75, 3.05) is 38.1 Å². The van der Waals surface area contributed by atoms with Crippen LogP contribution >= 0.6 is 0 Å². The van der Waals surface area contributed by atoms with Crippen molar-refractivity contribution in [2.24, 2.45) is 10.7 Å². The smallest absolute Gasteiger partial charge is 0.269 e. The summed E-state index contributed by atoms with van der Waals surface area (Å²) >= 11 is 0. The second kappa shape index (κ2) is 7.60. The zero-order chi connectivity index (χ0) is 15.9. The number of nitrogens with one attached hydrogen (secondary N) is 1. The number of ether oxygens (including phenoxy) is 1. The van der Waals surface area contributed by atoms with Crippen molar-refractivity contribution in [2.45, 2.75) is 13.0 Å². The number of hydrogen-bond acceptors (Lipinski definition) is 5. The summed E-state index contributed by atoms with van der Waals surface area (Å²) in [6, 6.07) is 6.29. The van der Waals surface area contributed by atoms with Gasteiger partial charge >= 0.3 is 0 Å². The van der Waals surface area contributed by atoms with Crippen molar-refractivity contribution in [1.82, 2.24) is 4.90 Å². The molecule has 1 unspecified atom stereocenters. The van der Waals surface area contributed by atoms with Gasteiger partial charge < -0.3 is 20.7 Å². The zero-order valence-electron chi connectivity index (χ0n) is 12.6. The molecule has 8 heteroatoms. The Bertz CT molecular complexity index is 532. The third-order valence-corrected chi connectivity index (χ3v) is 3.36. The van der Waals surface area contributed by atoms with Crippen LogP contribution in [0.15, 0.2) is 29.3 Å². The van der Waals surface area contributed by atoms with Gasteiger partial charge in [-0.1, -0.05) is 0 Å². The van der Waals surface area contributed by atoms with Gasteiger partial charge in [-0.3, -0.25) is 15.1 Å². The molecule has 0 spiro atoms. The first-order valence-electron chi connectivity index (χ1n) is 7.21. The van der Waals surface area contributed by atoms with Crippen LogP contribution in [0.1, 0.15) is 6.92 Å². The maximum Gasteiger partial charge on any atom is 0.269 e. The van der Waals surface area contributed by atoms with Crippen LogP contribution in [-0.4, -0.2) is 54.7 Å². The summed E-state index contributed by atoms with van der Waals surface area (Å²) in [4.78, 5) is 16.5. The largest absolute Gasteiger partial charge is 0.383 e. The first kappa shape index (κ1) is 16.0. The highest BCUT2D eigenvalue weighted by molar-refractivity contribution is 5.78. The van der Waals surface area contributed by atoms with Crippen molar-refractivity contribution in [3.63, 3.8) is 0 Å². The van der Waals surface area contributed by atoms with Gasteiger partial charge in [-0.05, 0) is 19.1 Å². The predicted octanol–water partition coefficient (Wildman–Crippen LogP) is 1.04. The van der Waals surface area contributed by atoms with Gasteiger partial charge in [0.2, 0.25) is 0 Å². The summed E-state index contributed by atoms with van der Waals surface area (Å²) in [6.45, 7) is 5.33. The molecule has 0 bridgehead atoms. The van der Waals surface area contributed by atoms with Crippen LogP contribution in [0.25, 0.3) is 0 Å². The second-order valence-corrected chi connectivity index (χ2v) is 5.10. The van der Waals surface area contributed by atoms with Crippen LogP contribution in [0.4, 0.5) is 11.4 Å². The molecular weight excluding hydrogens is 286 g/mol. The fourth-order valence-corrected chi connectivity index (χ4v) is 2.20. The topological polar surface area (TPSA) is 106 Å². The molecule has 1 aliphatic rings. The fraction of sp³-hybridized carbons (Fsp3) is 0.500. The minimum absolute atomic E-state index is 0.0780. The number of nitrogens with zero attached hydrogens (tertiary/aromatic N) is 3. The molecule has 1 saturated heterocycles. The minimum Gasteiger partial charge on any atom is -0.383 e. The monoisotopic (exact) mass is 307 g/mol. The highest BCUT2D eigenvalue weighted by atomic mass is 16.6. The number of guanidine groups is 1. The molecule has 1 aromatic rings. The van der Waals surface area contributed by atoms with Gasteiger partial charge in [0, 0.05) is 37.5 Å². The molecule has 3 N–H and O–H groups in total. The molecule has 0 aliphatic carbocycles. The highest BCUT2D eigenvalue weighted by Gasteiger charge is 2.17. The molecule has 120 valence electrons. The molecule has 8 nitrogen and oxygen atoms in total. The maximum absolute atomic E-state index is 10.6. The lowest BCUT2D eigenvalue weighted by Crippen LogP contribution is -2.48. The number of rotatable bonds is 5. The number of non-ortho nitro benzene ring substituents is 1. The van der Waals surface area contributed by atoms with E-state index in [1.165, 1.54) is 12.1 Å². The molecule has 0 amide bonds. The van der Waals surface area contributed by atoms with Crippen LogP contribution in [0.2, 0.25) is 0 Å². The Hall–Kier alpha value is -2.35. The maximum atomic E-state index is 10.6. The lowest BCUT2D eigenvalue weighted by Gasteiger charge is -2.31. The van der Waals surface area contributed by atoms with Crippen LogP contribution in [0, 0.1) is 10.1 Å². The highest BCUT2D eigenvalue weighted by Crippen LogP contribution is 2.14. The van der Waals surface area contributed by atoms with Crippen LogP contribution in [0.3, 0.4) is 0 Å². The first-order chi connectivity index (χ1) is 10.6. The zero-order valence-corrected chi connectivity index (χ0v) is 12.6. The Morgan fingerprint density at radius 1 is 1.55 bits per heavy atom. The number of benzene rings is 1. The number of anilines is 1. The van der Waals surface area contributed by atoms with E-state index in [0.717, 1.165) is 18.8 Å². The Balaban J connectivity index is 1.76. The molecule has 1 aromatic carbocycles. The number of nitro benzene ring substituents is 1. The van der Waals surface area contributed by atoms with Gasteiger partial charge in [0.15, 0.2) is 5.96 Å². The van der Waals surface area contributed by atoms with E-state index in [4.69, 9.17) is 10.5 Å². The van der Waals surface area contributed by atoms with E-state index in [1.54, 1.807) is 12.1 Å². The number of hydrogen-bond donors (Lipinski definition) is 2. The molecule has 1 fully saturated rings. The van der Waals surface area contributed by atoms with Crippen LogP contribution < -0.4 is 11.1 Å². The Kier molecular flexibility index (Phi) is 5.54. The van der Waals surface area contributed by atoms with Gasteiger partial charge in [0.05, 0.1) is 24.2 Å². The third-order valence-electron chi connectivity index (χ3n) is 3.36. The SMILES string of the molecule is CC1CN(C(N)=NCCNc2ccc([N+](=O)[O-])cc2)CCO1. The standard InChI is InChI=1S/C14H21N5O3/c1-11-10-18(8-9-22-11)14(15)17-7-6-16-12-2-4-13(5-3-12)19(20)21/h2-5,11,16H,6-10H2,1H3,(H2,15,17). The van der Waals surface area contributed by atoms with Crippen LogP contribution in [-0.2, 0) is 4.74 Å². The minimum atomic E-state index is -0.419. The average molecular weight is 307 g/mol. The summed E-state index contributed by atoms with van der Waals surface area (Å²) < 4.78 is 5.46. The first-order valence-corrected chi connectivity index (χ1v) is 7.21. The predicted molar refractivity (Wildman–Crippen MR) is 85.1 cm³/mol. The van der Waals surface area contributed by atoms with E-state index in [2.05, 4.69) is 10.3 Å². The van der Waals surface area contributed by atoms with Crippen molar-refractivity contribution >= 4 is 17.3 Å². The quantitative estimate of drug-likeness (QED) is 0.277. The molecule has 0 radical (unpaired) electrons. The fourth-order valence-electron chi connectivity index (χ4n) is 2.20. The van der Waals surface area contributed by atoms with E-state index in [-0.39, 0.29) is 11.8 Å². The summed E-state index contributed by atoms with van der Waals surface area (Å²) in [6.07, 6.45) is 0.167. The third kappa shape index (κ3) is 4.59. The van der Waals surface area contributed by atoms with Gasteiger partial charge in [-0.15, -0.1) is 0 Å². The molecule has 0 saturated carbocycles. The van der Waals surface area contributed by atoms with E-state index >= 15 is 0 Å². The number of aliphatic imine (C=N–C) groups is 1. The van der Waals surface area contributed by atoms with Gasteiger partial charge in [0.25, 0.3) is 5.69 Å².